The van der Waals surface area contributed by atoms with Crippen LogP contribution in [0.5, 0.6) is 0 Å². The molecule has 0 radical (unpaired) electrons. The van der Waals surface area contributed by atoms with E-state index in [9.17, 15) is 14.9 Å². The lowest BCUT2D eigenvalue weighted by atomic mass is 10.2. The maximum absolute atomic E-state index is 11.8. The topological polar surface area (TPSA) is 95.5 Å². The molecule has 104 valence electrons. The van der Waals surface area contributed by atoms with Gasteiger partial charge >= 0.3 is 5.97 Å². The molecule has 0 bridgehead atoms. The Labute approximate surface area is 118 Å². The number of ether oxygens (including phenoxy) is 1. The zero-order chi connectivity index (χ0) is 14.7. The van der Waals surface area contributed by atoms with E-state index < -0.39 is 10.9 Å². The van der Waals surface area contributed by atoms with Crippen LogP contribution >= 0.6 is 11.6 Å². The summed E-state index contributed by atoms with van der Waals surface area (Å²) in [4.78, 5) is 21.8. The maximum Gasteiger partial charge on any atom is 0.338 e. The van der Waals surface area contributed by atoms with Gasteiger partial charge < -0.3 is 9.26 Å². The van der Waals surface area contributed by atoms with E-state index in [1.807, 2.05) is 0 Å². The zero-order valence-corrected chi connectivity index (χ0v) is 11.1. The van der Waals surface area contributed by atoms with Crippen LogP contribution in [-0.4, -0.2) is 16.0 Å². The highest BCUT2D eigenvalue weighted by molar-refractivity contribution is 6.32. The minimum absolute atomic E-state index is 0.0429. The summed E-state index contributed by atoms with van der Waals surface area (Å²) in [5, 5.41) is 14.3. The number of hydrogen-bond donors (Lipinski definition) is 0. The largest absolute Gasteiger partial charge is 0.455 e. The van der Waals surface area contributed by atoms with Gasteiger partial charge in [-0.05, 0) is 19.1 Å². The Morgan fingerprint density at radius 1 is 1.50 bits per heavy atom. The van der Waals surface area contributed by atoms with Crippen molar-refractivity contribution in [1.29, 1.82) is 0 Å². The van der Waals surface area contributed by atoms with Gasteiger partial charge in [0.25, 0.3) is 5.69 Å². The van der Waals surface area contributed by atoms with Crippen LogP contribution in [-0.2, 0) is 11.3 Å². The molecule has 1 heterocycles. The van der Waals surface area contributed by atoms with E-state index in [2.05, 4.69) is 5.16 Å². The Morgan fingerprint density at radius 3 is 2.85 bits per heavy atom. The molecular formula is C12H9ClN2O5. The first-order valence-electron chi connectivity index (χ1n) is 5.50. The number of nitro groups is 1. The molecule has 2 rings (SSSR count). The van der Waals surface area contributed by atoms with Crippen molar-refractivity contribution in [2.24, 2.45) is 0 Å². The van der Waals surface area contributed by atoms with Gasteiger partial charge in [0, 0.05) is 12.1 Å². The monoisotopic (exact) mass is 296 g/mol. The van der Waals surface area contributed by atoms with Crippen LogP contribution in [0.25, 0.3) is 0 Å². The Balaban J connectivity index is 2.09. The molecule has 0 aliphatic carbocycles. The summed E-state index contributed by atoms with van der Waals surface area (Å²) < 4.78 is 9.80. The van der Waals surface area contributed by atoms with Crippen LogP contribution < -0.4 is 0 Å². The highest BCUT2D eigenvalue weighted by Gasteiger charge is 2.17. The minimum atomic E-state index is -0.703. The van der Waals surface area contributed by atoms with E-state index in [4.69, 9.17) is 20.9 Å². The Bertz CT molecular complexity index is 668. The summed E-state index contributed by atoms with van der Waals surface area (Å²) in [6.45, 7) is 1.63. The zero-order valence-electron chi connectivity index (χ0n) is 10.3. The first-order chi connectivity index (χ1) is 9.47. The SMILES string of the molecule is Cc1cc(COC(=O)c2ccc(Cl)c([N+](=O)[O-])c2)no1. The molecule has 0 aliphatic heterocycles. The molecule has 0 fully saturated rings. The number of carbonyl (C=O) groups is 1. The fourth-order valence-corrected chi connectivity index (χ4v) is 1.67. The Morgan fingerprint density at radius 2 is 2.25 bits per heavy atom. The smallest absolute Gasteiger partial charge is 0.338 e. The number of aromatic nitrogens is 1. The van der Waals surface area contributed by atoms with Gasteiger partial charge in [0.1, 0.15) is 23.1 Å². The molecule has 0 saturated heterocycles. The van der Waals surface area contributed by atoms with Gasteiger partial charge in [-0.1, -0.05) is 16.8 Å². The second-order valence-corrected chi connectivity index (χ2v) is 4.34. The molecule has 0 spiro atoms. The molecule has 2 aromatic rings. The van der Waals surface area contributed by atoms with Crippen molar-refractivity contribution < 1.29 is 19.0 Å². The number of carbonyl (C=O) groups excluding carboxylic acids is 1. The van der Waals surface area contributed by atoms with Crippen LogP contribution in [0.4, 0.5) is 5.69 Å². The van der Waals surface area contributed by atoms with Gasteiger partial charge in [0.2, 0.25) is 0 Å². The molecule has 0 saturated carbocycles. The van der Waals surface area contributed by atoms with Crippen LogP contribution in [0.1, 0.15) is 21.8 Å². The number of nitro benzene ring substituents is 1. The number of aryl methyl sites for hydroxylation is 1. The lowest BCUT2D eigenvalue weighted by molar-refractivity contribution is -0.384. The summed E-state index contributed by atoms with van der Waals surface area (Å²) in [6, 6.07) is 5.32. The molecular weight excluding hydrogens is 288 g/mol. The molecule has 1 aromatic carbocycles. The molecule has 0 atom stereocenters. The second-order valence-electron chi connectivity index (χ2n) is 3.93. The van der Waals surface area contributed by atoms with Crippen LogP contribution in [0.2, 0.25) is 5.02 Å². The van der Waals surface area contributed by atoms with E-state index in [1.54, 1.807) is 13.0 Å². The maximum atomic E-state index is 11.8. The van der Waals surface area contributed by atoms with Gasteiger partial charge in [-0.25, -0.2) is 4.79 Å². The Hall–Kier alpha value is -2.41. The number of hydrogen-bond acceptors (Lipinski definition) is 6. The van der Waals surface area contributed by atoms with Gasteiger partial charge in [-0.3, -0.25) is 10.1 Å². The van der Waals surface area contributed by atoms with Crippen LogP contribution in [0.15, 0.2) is 28.8 Å². The molecule has 0 amide bonds. The summed E-state index contributed by atoms with van der Waals surface area (Å²) in [6.07, 6.45) is 0. The molecule has 8 heteroatoms. The van der Waals surface area contributed by atoms with Crippen LogP contribution in [0, 0.1) is 17.0 Å². The van der Waals surface area contributed by atoms with Crippen molar-refractivity contribution in [2.45, 2.75) is 13.5 Å². The van der Waals surface area contributed by atoms with Crippen molar-refractivity contribution in [3.63, 3.8) is 0 Å². The van der Waals surface area contributed by atoms with Crippen molar-refractivity contribution in [3.05, 3.63) is 56.4 Å². The summed E-state index contributed by atoms with van der Waals surface area (Å²) in [7, 11) is 0. The molecule has 7 nitrogen and oxygen atoms in total. The normalized spacial score (nSPS) is 10.3. The number of benzene rings is 1. The first kappa shape index (κ1) is 14.0. The second kappa shape index (κ2) is 5.70. The van der Waals surface area contributed by atoms with Crippen molar-refractivity contribution in [3.8, 4) is 0 Å². The number of nitrogens with zero attached hydrogens (tertiary/aromatic N) is 2. The highest BCUT2D eigenvalue weighted by atomic mass is 35.5. The van der Waals surface area contributed by atoms with Gasteiger partial charge in [-0.2, -0.15) is 0 Å². The van der Waals surface area contributed by atoms with E-state index >= 15 is 0 Å². The third-order valence-electron chi connectivity index (χ3n) is 2.41. The Kier molecular flexibility index (Phi) is 3.99. The fraction of sp³-hybridized carbons (Fsp3) is 0.167. The predicted molar refractivity (Wildman–Crippen MR) is 68.5 cm³/mol. The lowest BCUT2D eigenvalue weighted by Crippen LogP contribution is -2.06. The molecule has 20 heavy (non-hydrogen) atoms. The number of halogens is 1. The average Bonchev–Trinajstić information content (AvgIpc) is 2.82. The third-order valence-corrected chi connectivity index (χ3v) is 2.73. The molecule has 1 aromatic heterocycles. The van der Waals surface area contributed by atoms with Crippen molar-refractivity contribution in [2.75, 3.05) is 0 Å². The van der Waals surface area contributed by atoms with Crippen LogP contribution in [0.3, 0.4) is 0 Å². The first-order valence-corrected chi connectivity index (χ1v) is 5.88. The number of rotatable bonds is 4. The predicted octanol–water partition coefficient (Wildman–Crippen LogP) is 2.90. The quantitative estimate of drug-likeness (QED) is 0.489. The number of esters is 1. The molecule has 0 N–H and O–H groups in total. The van der Waals surface area contributed by atoms with Gasteiger partial charge in [-0.15, -0.1) is 0 Å². The third kappa shape index (κ3) is 3.12. The minimum Gasteiger partial charge on any atom is -0.455 e. The van der Waals surface area contributed by atoms with Crippen molar-refractivity contribution >= 4 is 23.3 Å². The lowest BCUT2D eigenvalue weighted by Gasteiger charge is -2.03. The molecule has 0 unspecified atom stereocenters. The summed E-state index contributed by atoms with van der Waals surface area (Å²) in [5.41, 5.74) is 0.152. The molecule has 0 aliphatic rings. The van der Waals surface area contributed by atoms with E-state index in [0.29, 0.717) is 11.5 Å². The summed E-state index contributed by atoms with van der Waals surface area (Å²) in [5.74, 6) is -0.108. The van der Waals surface area contributed by atoms with Gasteiger partial charge in [0.05, 0.1) is 10.5 Å². The highest BCUT2D eigenvalue weighted by Crippen LogP contribution is 2.25. The van der Waals surface area contributed by atoms with E-state index in [1.165, 1.54) is 12.1 Å². The van der Waals surface area contributed by atoms with Crippen molar-refractivity contribution in [1.82, 2.24) is 5.16 Å². The summed E-state index contributed by atoms with van der Waals surface area (Å²) >= 11 is 5.66. The van der Waals surface area contributed by atoms with Gasteiger partial charge in [0.15, 0.2) is 0 Å². The average molecular weight is 297 g/mol. The van der Waals surface area contributed by atoms with E-state index in [-0.39, 0.29) is 22.9 Å². The standard InChI is InChI=1S/C12H9ClN2O5/c1-7-4-9(14-20-7)6-19-12(16)8-2-3-10(13)11(5-8)15(17)18/h2-5H,6H2,1H3. The fourth-order valence-electron chi connectivity index (χ4n) is 1.49. The van der Waals surface area contributed by atoms with E-state index in [0.717, 1.165) is 6.07 Å².